The van der Waals surface area contributed by atoms with E-state index in [0.717, 1.165) is 22.9 Å². The Morgan fingerprint density at radius 3 is 2.91 bits per heavy atom. The molecule has 110 valence electrons. The van der Waals surface area contributed by atoms with Crippen LogP contribution < -0.4 is 5.32 Å². The van der Waals surface area contributed by atoms with Gasteiger partial charge in [-0.2, -0.15) is 0 Å². The fourth-order valence-corrected chi connectivity index (χ4v) is 2.60. The summed E-state index contributed by atoms with van der Waals surface area (Å²) in [6.07, 6.45) is 4.22. The third-order valence-corrected chi connectivity index (χ3v) is 3.80. The smallest absolute Gasteiger partial charge is 0.254 e. The highest BCUT2D eigenvalue weighted by atomic mass is 32.1. The molecule has 2 aromatic heterocycles. The van der Waals surface area contributed by atoms with E-state index >= 15 is 0 Å². The lowest BCUT2D eigenvalue weighted by molar-refractivity contribution is 0.0953. The zero-order valence-corrected chi connectivity index (χ0v) is 12.7. The number of carbonyl (C=O) groups excluding carboxylic acids is 1. The van der Waals surface area contributed by atoms with Gasteiger partial charge in [0, 0.05) is 24.3 Å². The van der Waals surface area contributed by atoms with E-state index < -0.39 is 0 Å². The van der Waals surface area contributed by atoms with E-state index in [4.69, 9.17) is 12.2 Å². The zero-order chi connectivity index (χ0) is 15.4. The second kappa shape index (κ2) is 6.49. The molecule has 3 rings (SSSR count). The summed E-state index contributed by atoms with van der Waals surface area (Å²) in [5.41, 5.74) is 2.60. The maximum absolute atomic E-state index is 12.1. The van der Waals surface area contributed by atoms with Gasteiger partial charge in [0.05, 0.1) is 11.1 Å². The molecular formula is C17H15N3OS. The van der Waals surface area contributed by atoms with Crippen LogP contribution in [0.3, 0.4) is 0 Å². The molecule has 5 heteroatoms. The van der Waals surface area contributed by atoms with Crippen LogP contribution in [-0.4, -0.2) is 22.4 Å². The lowest BCUT2D eigenvalue weighted by Crippen LogP contribution is -2.26. The molecule has 2 N–H and O–H groups in total. The quantitative estimate of drug-likeness (QED) is 0.727. The lowest BCUT2D eigenvalue weighted by atomic mass is 10.1. The van der Waals surface area contributed by atoms with Crippen molar-refractivity contribution in [3.63, 3.8) is 0 Å². The summed E-state index contributed by atoms with van der Waals surface area (Å²) in [4.78, 5) is 19.4. The number of hydrogen-bond acceptors (Lipinski definition) is 3. The molecule has 1 aromatic carbocycles. The average Bonchev–Trinajstić information content (AvgIpc) is 2.55. The van der Waals surface area contributed by atoms with Crippen molar-refractivity contribution in [2.45, 2.75) is 6.42 Å². The van der Waals surface area contributed by atoms with Crippen molar-refractivity contribution in [1.29, 1.82) is 0 Å². The number of nitrogens with one attached hydrogen (secondary N) is 2. The summed E-state index contributed by atoms with van der Waals surface area (Å²) >= 11 is 5.11. The molecule has 0 saturated heterocycles. The molecule has 0 aliphatic heterocycles. The van der Waals surface area contributed by atoms with E-state index in [9.17, 15) is 4.79 Å². The molecule has 0 aliphatic carbocycles. The predicted molar refractivity (Wildman–Crippen MR) is 89.4 cm³/mol. The number of hydrogen-bond donors (Lipinski definition) is 2. The van der Waals surface area contributed by atoms with Crippen LogP contribution in [0.15, 0.2) is 54.9 Å². The number of rotatable bonds is 4. The minimum Gasteiger partial charge on any atom is -0.352 e. The normalized spacial score (nSPS) is 10.5. The van der Waals surface area contributed by atoms with Crippen LogP contribution >= 0.6 is 12.2 Å². The molecular weight excluding hydrogens is 294 g/mol. The van der Waals surface area contributed by atoms with Crippen LogP contribution in [-0.2, 0) is 6.42 Å². The first-order valence-corrected chi connectivity index (χ1v) is 7.45. The summed E-state index contributed by atoms with van der Waals surface area (Å²) in [7, 11) is 0. The maximum Gasteiger partial charge on any atom is 0.254 e. The van der Waals surface area contributed by atoms with Crippen molar-refractivity contribution in [3.8, 4) is 0 Å². The van der Waals surface area contributed by atoms with Gasteiger partial charge < -0.3 is 10.3 Å². The van der Waals surface area contributed by atoms with Crippen LogP contribution in [0.4, 0.5) is 0 Å². The Morgan fingerprint density at radius 2 is 2.05 bits per heavy atom. The predicted octanol–water partition coefficient (Wildman–Crippen LogP) is 3.26. The molecule has 4 nitrogen and oxygen atoms in total. The minimum absolute atomic E-state index is 0.157. The van der Waals surface area contributed by atoms with Gasteiger partial charge in [-0.25, -0.2) is 0 Å². The number of nitrogens with zero attached hydrogens (tertiary/aromatic N) is 1. The summed E-state index contributed by atoms with van der Waals surface area (Å²) in [6, 6.07) is 13.5. The standard InChI is InChI=1S/C17H15N3OS/c21-16(14-7-3-10-20-17(14)22)19-11-8-13-5-1-4-12-6-2-9-18-15(12)13/h1-7,9-10H,8,11H2,(H,19,21)(H,20,22). The van der Waals surface area contributed by atoms with E-state index in [2.05, 4.69) is 15.3 Å². The number of para-hydroxylation sites is 1. The average molecular weight is 309 g/mol. The van der Waals surface area contributed by atoms with Crippen LogP contribution in [0, 0.1) is 4.64 Å². The van der Waals surface area contributed by atoms with Crippen LogP contribution in [0.2, 0.25) is 0 Å². The lowest BCUT2D eigenvalue weighted by Gasteiger charge is -2.07. The summed E-state index contributed by atoms with van der Waals surface area (Å²) in [5.74, 6) is -0.157. The Kier molecular flexibility index (Phi) is 4.25. The Hall–Kier alpha value is -2.53. The maximum atomic E-state index is 12.1. The molecule has 0 aliphatic rings. The molecule has 1 amide bonds. The highest BCUT2D eigenvalue weighted by Gasteiger charge is 2.07. The highest BCUT2D eigenvalue weighted by molar-refractivity contribution is 7.71. The second-order valence-corrected chi connectivity index (χ2v) is 5.32. The summed E-state index contributed by atoms with van der Waals surface area (Å²) < 4.78 is 0.451. The molecule has 22 heavy (non-hydrogen) atoms. The van der Waals surface area contributed by atoms with E-state index in [1.54, 1.807) is 24.5 Å². The van der Waals surface area contributed by atoms with E-state index in [0.29, 0.717) is 16.7 Å². The van der Waals surface area contributed by atoms with Gasteiger partial charge >= 0.3 is 0 Å². The second-order valence-electron chi connectivity index (χ2n) is 4.91. The van der Waals surface area contributed by atoms with Crippen LogP contribution in [0.1, 0.15) is 15.9 Å². The topological polar surface area (TPSA) is 57.8 Å². The summed E-state index contributed by atoms with van der Waals surface area (Å²) in [5, 5.41) is 4.01. The van der Waals surface area contributed by atoms with Gasteiger partial charge in [0.25, 0.3) is 5.91 Å². The Balaban J connectivity index is 1.69. The molecule has 0 fully saturated rings. The van der Waals surface area contributed by atoms with Gasteiger partial charge in [-0.1, -0.05) is 36.5 Å². The Labute approximate surface area is 133 Å². The third-order valence-electron chi connectivity index (χ3n) is 3.46. The van der Waals surface area contributed by atoms with Crippen molar-refractivity contribution in [1.82, 2.24) is 15.3 Å². The first kappa shape index (κ1) is 14.4. The minimum atomic E-state index is -0.157. The van der Waals surface area contributed by atoms with E-state index in [1.807, 2.05) is 30.3 Å². The van der Waals surface area contributed by atoms with E-state index in [1.165, 1.54) is 0 Å². The van der Waals surface area contributed by atoms with Gasteiger partial charge in [-0.3, -0.25) is 9.78 Å². The van der Waals surface area contributed by atoms with Crippen molar-refractivity contribution >= 4 is 29.0 Å². The van der Waals surface area contributed by atoms with Crippen molar-refractivity contribution in [3.05, 3.63) is 70.6 Å². The van der Waals surface area contributed by atoms with Crippen molar-refractivity contribution in [2.75, 3.05) is 6.54 Å². The molecule has 3 aromatic rings. The monoisotopic (exact) mass is 309 g/mol. The molecule has 0 spiro atoms. The highest BCUT2D eigenvalue weighted by Crippen LogP contribution is 2.16. The van der Waals surface area contributed by atoms with Crippen LogP contribution in [0.5, 0.6) is 0 Å². The molecule has 0 radical (unpaired) electrons. The van der Waals surface area contributed by atoms with Gasteiger partial charge in [0.1, 0.15) is 4.64 Å². The fourth-order valence-electron chi connectivity index (χ4n) is 2.38. The van der Waals surface area contributed by atoms with Gasteiger partial charge in [0.2, 0.25) is 0 Å². The number of carbonyl (C=O) groups is 1. The number of H-pyrrole nitrogens is 1. The number of aromatic nitrogens is 2. The van der Waals surface area contributed by atoms with Crippen molar-refractivity contribution < 1.29 is 4.79 Å². The number of benzene rings is 1. The number of pyridine rings is 2. The third kappa shape index (κ3) is 3.04. The van der Waals surface area contributed by atoms with Crippen molar-refractivity contribution in [2.24, 2.45) is 0 Å². The Morgan fingerprint density at radius 1 is 1.18 bits per heavy atom. The summed E-state index contributed by atoms with van der Waals surface area (Å²) in [6.45, 7) is 0.540. The SMILES string of the molecule is O=C(NCCc1cccc2cccnc12)c1ccc[nH]c1=S. The molecule has 0 bridgehead atoms. The molecule has 0 unspecified atom stereocenters. The van der Waals surface area contributed by atoms with Crippen LogP contribution in [0.25, 0.3) is 10.9 Å². The number of aromatic amines is 1. The van der Waals surface area contributed by atoms with Gasteiger partial charge in [-0.05, 0) is 30.2 Å². The number of fused-ring (bicyclic) bond motifs is 1. The van der Waals surface area contributed by atoms with E-state index in [-0.39, 0.29) is 5.91 Å². The molecule has 0 atom stereocenters. The Bertz CT molecular complexity index is 867. The number of amides is 1. The first-order valence-electron chi connectivity index (χ1n) is 7.04. The fraction of sp³-hybridized carbons (Fsp3) is 0.118. The van der Waals surface area contributed by atoms with Gasteiger partial charge in [-0.15, -0.1) is 0 Å². The molecule has 2 heterocycles. The zero-order valence-electron chi connectivity index (χ0n) is 11.9. The molecule has 0 saturated carbocycles. The first-order chi connectivity index (χ1) is 10.8. The largest absolute Gasteiger partial charge is 0.352 e. The van der Waals surface area contributed by atoms with Gasteiger partial charge in [0.15, 0.2) is 0 Å².